The molecule has 1 aliphatic heterocycles. The molecule has 3 aromatic carbocycles. The van der Waals surface area contributed by atoms with Crippen molar-refractivity contribution in [1.82, 2.24) is 4.90 Å². The Balaban J connectivity index is 1.60. The quantitative estimate of drug-likeness (QED) is 0.237. The molecule has 1 atom stereocenters. The number of nitro groups is 1. The third-order valence-corrected chi connectivity index (χ3v) is 6.55. The highest BCUT2D eigenvalue weighted by atomic mass is 16.6. The van der Waals surface area contributed by atoms with Crippen molar-refractivity contribution in [2.24, 2.45) is 0 Å². The van der Waals surface area contributed by atoms with Gasteiger partial charge in [0.15, 0.2) is 5.75 Å². The van der Waals surface area contributed by atoms with Crippen molar-refractivity contribution in [2.75, 3.05) is 26.0 Å². The highest BCUT2D eigenvalue weighted by Gasteiger charge is 2.28. The Kier molecular flexibility index (Phi) is 6.70. The summed E-state index contributed by atoms with van der Waals surface area (Å²) >= 11 is 0. The maximum atomic E-state index is 12.0. The number of benzene rings is 3. The molecule has 4 rings (SSSR count). The summed E-state index contributed by atoms with van der Waals surface area (Å²) in [4.78, 5) is 25.5. The molecule has 178 valence electrons. The average Bonchev–Trinajstić information content (AvgIpc) is 2.82. The topological polar surface area (TPSA) is 108 Å². The van der Waals surface area contributed by atoms with Crippen LogP contribution in [0.3, 0.4) is 0 Å². The van der Waals surface area contributed by atoms with Crippen molar-refractivity contribution in [3.8, 4) is 5.75 Å². The minimum absolute atomic E-state index is 0.00706. The largest absolute Gasteiger partial charge is 0.490 e. The number of hydrogen-bond acceptors (Lipinski definition) is 7. The van der Waals surface area contributed by atoms with E-state index in [-0.39, 0.29) is 24.1 Å². The van der Waals surface area contributed by atoms with Crippen LogP contribution in [0.5, 0.6) is 5.75 Å². The molecule has 0 aromatic heterocycles. The van der Waals surface area contributed by atoms with E-state index >= 15 is 0 Å². The number of nitro benzene ring substituents is 1. The van der Waals surface area contributed by atoms with Gasteiger partial charge in [-0.25, -0.2) is 0 Å². The van der Waals surface area contributed by atoms with Gasteiger partial charge in [0.2, 0.25) is 0 Å². The molecule has 0 bridgehead atoms. The molecule has 1 aliphatic rings. The van der Waals surface area contributed by atoms with Crippen LogP contribution in [0, 0.1) is 10.1 Å². The zero-order valence-electron chi connectivity index (χ0n) is 19.7. The maximum Gasteiger partial charge on any atom is 0.311 e. The van der Waals surface area contributed by atoms with Gasteiger partial charge in [0.25, 0.3) is 0 Å². The molecule has 2 N–H and O–H groups in total. The molecule has 0 amide bonds. The Morgan fingerprint density at radius 1 is 1.24 bits per heavy atom. The molecule has 1 unspecified atom stereocenters. The van der Waals surface area contributed by atoms with Crippen molar-refractivity contribution in [1.29, 1.82) is 0 Å². The summed E-state index contributed by atoms with van der Waals surface area (Å²) in [7, 11) is 1.46. The number of carbonyl (C=O) groups is 1. The Labute approximate surface area is 198 Å². The zero-order valence-corrected chi connectivity index (χ0v) is 19.7. The van der Waals surface area contributed by atoms with E-state index in [4.69, 9.17) is 15.2 Å². The first kappa shape index (κ1) is 23.5. The number of fused-ring (bicyclic) bond motifs is 2. The van der Waals surface area contributed by atoms with Crippen LogP contribution in [-0.2, 0) is 28.9 Å². The van der Waals surface area contributed by atoms with Crippen molar-refractivity contribution in [2.45, 2.75) is 39.3 Å². The second-order valence-corrected chi connectivity index (χ2v) is 8.55. The molecular formula is C26H29N3O5. The van der Waals surface area contributed by atoms with Gasteiger partial charge in [0, 0.05) is 30.9 Å². The highest BCUT2D eigenvalue weighted by Crippen LogP contribution is 2.38. The lowest BCUT2D eigenvalue weighted by Gasteiger charge is -2.35. The normalized spacial score (nSPS) is 15.7. The summed E-state index contributed by atoms with van der Waals surface area (Å²) in [5.74, 6) is 0.00846. The number of carbonyl (C=O) groups excluding carboxylic acids is 1. The Morgan fingerprint density at radius 2 is 2.03 bits per heavy atom. The molecule has 0 saturated heterocycles. The smallest absolute Gasteiger partial charge is 0.311 e. The number of nitrogen functional groups attached to an aromatic ring is 1. The molecule has 0 radical (unpaired) electrons. The first-order valence-electron chi connectivity index (χ1n) is 11.4. The van der Waals surface area contributed by atoms with Crippen LogP contribution in [-0.4, -0.2) is 36.1 Å². The average molecular weight is 464 g/mol. The molecule has 0 fully saturated rings. The van der Waals surface area contributed by atoms with Gasteiger partial charge >= 0.3 is 11.7 Å². The molecule has 0 saturated carbocycles. The predicted molar refractivity (Wildman–Crippen MR) is 131 cm³/mol. The third kappa shape index (κ3) is 4.54. The Morgan fingerprint density at radius 3 is 2.74 bits per heavy atom. The minimum atomic E-state index is -0.395. The van der Waals surface area contributed by atoms with Crippen LogP contribution in [0.4, 0.5) is 11.4 Å². The summed E-state index contributed by atoms with van der Waals surface area (Å²) in [5.41, 5.74) is 10.7. The second kappa shape index (κ2) is 9.69. The molecule has 1 heterocycles. The number of methoxy groups -OCH3 is 1. The number of esters is 1. The number of rotatable bonds is 7. The van der Waals surface area contributed by atoms with Gasteiger partial charge in [0.05, 0.1) is 25.1 Å². The fourth-order valence-electron chi connectivity index (χ4n) is 4.76. The first-order chi connectivity index (χ1) is 16.3. The third-order valence-electron chi connectivity index (χ3n) is 6.55. The lowest BCUT2D eigenvalue weighted by Crippen LogP contribution is -2.33. The van der Waals surface area contributed by atoms with E-state index in [1.54, 1.807) is 19.1 Å². The number of nitrogens with two attached hydrogens (primary N) is 1. The molecule has 8 nitrogen and oxygen atoms in total. The summed E-state index contributed by atoms with van der Waals surface area (Å²) in [6.07, 6.45) is 0.931. The van der Waals surface area contributed by atoms with Gasteiger partial charge < -0.3 is 15.2 Å². The number of hydrogen-bond donors (Lipinski definition) is 1. The van der Waals surface area contributed by atoms with Gasteiger partial charge in [-0.2, -0.15) is 0 Å². The van der Waals surface area contributed by atoms with Crippen molar-refractivity contribution < 1.29 is 19.2 Å². The van der Waals surface area contributed by atoms with E-state index in [0.717, 1.165) is 46.0 Å². The lowest BCUT2D eigenvalue weighted by molar-refractivity contribution is -0.385. The van der Waals surface area contributed by atoms with E-state index in [0.29, 0.717) is 24.6 Å². The highest BCUT2D eigenvalue weighted by molar-refractivity contribution is 5.93. The fraction of sp³-hybridized carbons (Fsp3) is 0.346. The van der Waals surface area contributed by atoms with Crippen LogP contribution in [0.2, 0.25) is 0 Å². The van der Waals surface area contributed by atoms with Crippen LogP contribution in [0.25, 0.3) is 10.8 Å². The molecule has 34 heavy (non-hydrogen) atoms. The Bertz CT molecular complexity index is 1260. The molecule has 0 spiro atoms. The van der Waals surface area contributed by atoms with E-state index in [2.05, 4.69) is 24.0 Å². The van der Waals surface area contributed by atoms with E-state index in [1.165, 1.54) is 7.11 Å². The number of ether oxygens (including phenoxy) is 2. The van der Waals surface area contributed by atoms with Gasteiger partial charge in [-0.3, -0.25) is 19.8 Å². The molecule has 8 heteroatoms. The lowest BCUT2D eigenvalue weighted by atomic mass is 9.92. The molecule has 3 aromatic rings. The van der Waals surface area contributed by atoms with Crippen molar-refractivity contribution >= 4 is 28.1 Å². The van der Waals surface area contributed by atoms with Gasteiger partial charge in [-0.1, -0.05) is 18.2 Å². The molecule has 0 aliphatic carbocycles. The fourth-order valence-corrected chi connectivity index (χ4v) is 4.76. The summed E-state index contributed by atoms with van der Waals surface area (Å²) < 4.78 is 10.3. The van der Waals surface area contributed by atoms with E-state index in [1.807, 2.05) is 18.2 Å². The standard InChI is InChI=1S/C26H29N3O5/c1-4-34-26(30)14-22-20-7-5-17(11-18(20)6-8-23(22)27)15-28-10-9-19-12-25(33-3)24(29(31)32)13-21(19)16(28)2/h5-8,11-13,16H,4,9-10,14-15,27H2,1-3H3. The van der Waals surface area contributed by atoms with Gasteiger partial charge in [-0.15, -0.1) is 0 Å². The predicted octanol–water partition coefficient (Wildman–Crippen LogP) is 4.56. The first-order valence-corrected chi connectivity index (χ1v) is 11.4. The SMILES string of the molecule is CCOC(=O)Cc1c(N)ccc2cc(CN3CCc4cc(OC)c([N+](=O)[O-])cc4C3C)ccc12. The maximum absolute atomic E-state index is 12.0. The second-order valence-electron chi connectivity index (χ2n) is 8.55. The van der Waals surface area contributed by atoms with E-state index < -0.39 is 4.92 Å². The molecular weight excluding hydrogens is 434 g/mol. The van der Waals surface area contributed by atoms with Crippen molar-refractivity contribution in [3.05, 3.63) is 74.8 Å². The van der Waals surface area contributed by atoms with Gasteiger partial charge in [-0.05, 0) is 71.5 Å². The van der Waals surface area contributed by atoms with Crippen LogP contribution in [0.15, 0.2) is 42.5 Å². The van der Waals surface area contributed by atoms with Crippen LogP contribution >= 0.6 is 0 Å². The summed E-state index contributed by atoms with van der Waals surface area (Å²) in [6.45, 7) is 5.73. The van der Waals surface area contributed by atoms with Crippen molar-refractivity contribution in [3.63, 3.8) is 0 Å². The summed E-state index contributed by atoms with van der Waals surface area (Å²) in [6, 6.07) is 13.4. The number of anilines is 1. The Hall–Kier alpha value is -3.65. The monoisotopic (exact) mass is 463 g/mol. The van der Waals surface area contributed by atoms with Gasteiger partial charge in [0.1, 0.15) is 0 Å². The van der Waals surface area contributed by atoms with Crippen LogP contribution in [0.1, 0.15) is 42.1 Å². The summed E-state index contributed by atoms with van der Waals surface area (Å²) in [5, 5.41) is 13.5. The zero-order chi connectivity index (χ0) is 24.4. The van der Waals surface area contributed by atoms with E-state index in [9.17, 15) is 14.9 Å². The minimum Gasteiger partial charge on any atom is -0.490 e. The number of nitrogens with zero attached hydrogens (tertiary/aromatic N) is 2. The van der Waals surface area contributed by atoms with Crippen LogP contribution < -0.4 is 10.5 Å².